The van der Waals surface area contributed by atoms with E-state index in [2.05, 4.69) is 10.5 Å². The molecule has 4 N–H and O–H groups in total. The fourth-order valence-electron chi connectivity index (χ4n) is 1.61. The summed E-state index contributed by atoms with van der Waals surface area (Å²) in [4.78, 5) is 0. The molecule has 1 atom stereocenters. The molecular weight excluding hydrogens is 249 g/mol. The highest BCUT2D eigenvalue weighted by molar-refractivity contribution is 5.97. The summed E-state index contributed by atoms with van der Waals surface area (Å²) in [7, 11) is 0. The molecule has 0 saturated heterocycles. The van der Waals surface area contributed by atoms with Crippen molar-refractivity contribution >= 4 is 5.84 Å². The normalized spacial score (nSPS) is 13.5. The van der Waals surface area contributed by atoms with Crippen molar-refractivity contribution in [3.8, 4) is 0 Å². The summed E-state index contributed by atoms with van der Waals surface area (Å²) in [5.74, 6) is -0.712. The predicted molar refractivity (Wildman–Crippen MR) is 71.7 cm³/mol. The number of nitrogens with two attached hydrogens (primary N) is 1. The van der Waals surface area contributed by atoms with E-state index >= 15 is 0 Å². The molecule has 106 valence electrons. The summed E-state index contributed by atoms with van der Waals surface area (Å²) >= 11 is 0. The zero-order chi connectivity index (χ0) is 14.3. The Labute approximate surface area is 112 Å². The summed E-state index contributed by atoms with van der Waals surface area (Å²) in [6, 6.07) is 4.91. The van der Waals surface area contributed by atoms with Gasteiger partial charge in [-0.25, -0.2) is 4.39 Å². The van der Waals surface area contributed by atoms with Crippen molar-refractivity contribution < 1.29 is 14.3 Å². The van der Waals surface area contributed by atoms with E-state index in [1.165, 1.54) is 6.07 Å². The van der Waals surface area contributed by atoms with Gasteiger partial charge in [0.1, 0.15) is 5.82 Å². The van der Waals surface area contributed by atoms with Gasteiger partial charge in [0.25, 0.3) is 0 Å². The highest BCUT2D eigenvalue weighted by atomic mass is 19.1. The molecule has 6 heteroatoms. The van der Waals surface area contributed by atoms with Crippen molar-refractivity contribution in [3.63, 3.8) is 0 Å². The van der Waals surface area contributed by atoms with Crippen LogP contribution in [-0.4, -0.2) is 30.3 Å². The monoisotopic (exact) mass is 269 g/mol. The molecular formula is C13H20FN3O2. The lowest BCUT2D eigenvalue weighted by Crippen LogP contribution is -2.30. The lowest BCUT2D eigenvalue weighted by atomic mass is 10.1. The first-order valence-electron chi connectivity index (χ1n) is 6.16. The number of rotatable bonds is 7. The van der Waals surface area contributed by atoms with Gasteiger partial charge < -0.3 is 21.0 Å². The van der Waals surface area contributed by atoms with E-state index in [0.29, 0.717) is 25.3 Å². The fourth-order valence-corrected chi connectivity index (χ4v) is 1.61. The van der Waals surface area contributed by atoms with Crippen LogP contribution in [0, 0.1) is 5.82 Å². The maximum Gasteiger partial charge on any atom is 0.173 e. The molecule has 0 radical (unpaired) electrons. The van der Waals surface area contributed by atoms with E-state index in [0.717, 1.165) is 0 Å². The molecule has 1 unspecified atom stereocenters. The molecule has 1 aromatic rings. The number of nitrogens with one attached hydrogen (secondary N) is 1. The van der Waals surface area contributed by atoms with Crippen molar-refractivity contribution in [1.82, 2.24) is 5.32 Å². The van der Waals surface area contributed by atoms with Gasteiger partial charge in [-0.15, -0.1) is 0 Å². The van der Waals surface area contributed by atoms with Crippen LogP contribution in [0.1, 0.15) is 25.0 Å². The average molecular weight is 269 g/mol. The Morgan fingerprint density at radius 3 is 2.95 bits per heavy atom. The Balaban J connectivity index is 2.69. The number of benzene rings is 1. The van der Waals surface area contributed by atoms with E-state index in [4.69, 9.17) is 15.7 Å². The lowest BCUT2D eigenvalue weighted by Gasteiger charge is -2.14. The second-order valence-corrected chi connectivity index (χ2v) is 4.21. The van der Waals surface area contributed by atoms with Crippen LogP contribution in [0.5, 0.6) is 0 Å². The zero-order valence-electron chi connectivity index (χ0n) is 11.2. The van der Waals surface area contributed by atoms with E-state index in [9.17, 15) is 4.39 Å². The minimum atomic E-state index is -0.478. The largest absolute Gasteiger partial charge is 0.409 e. The predicted octanol–water partition coefficient (Wildman–Crippen LogP) is 1.43. The van der Waals surface area contributed by atoms with Crippen LogP contribution < -0.4 is 11.1 Å². The third kappa shape index (κ3) is 4.50. The molecule has 0 heterocycles. The van der Waals surface area contributed by atoms with Crippen LogP contribution in [0.3, 0.4) is 0 Å². The molecule has 0 saturated carbocycles. The smallest absolute Gasteiger partial charge is 0.173 e. The second kappa shape index (κ2) is 7.70. The Morgan fingerprint density at radius 1 is 1.58 bits per heavy atom. The Kier molecular flexibility index (Phi) is 6.24. The Bertz CT molecular complexity index is 438. The van der Waals surface area contributed by atoms with Gasteiger partial charge in [0, 0.05) is 24.8 Å². The molecule has 5 nitrogen and oxygen atoms in total. The lowest BCUT2D eigenvalue weighted by molar-refractivity contribution is 0.127. The van der Waals surface area contributed by atoms with Crippen LogP contribution in [0.25, 0.3) is 0 Å². The van der Waals surface area contributed by atoms with Gasteiger partial charge in [0.15, 0.2) is 5.84 Å². The first-order chi connectivity index (χ1) is 9.10. The second-order valence-electron chi connectivity index (χ2n) is 4.21. The number of oxime groups is 1. The van der Waals surface area contributed by atoms with Crippen molar-refractivity contribution in [2.45, 2.75) is 26.4 Å². The van der Waals surface area contributed by atoms with Crippen LogP contribution in [0.2, 0.25) is 0 Å². The summed E-state index contributed by atoms with van der Waals surface area (Å²) in [6.45, 7) is 5.46. The van der Waals surface area contributed by atoms with E-state index in [-0.39, 0.29) is 17.4 Å². The minimum Gasteiger partial charge on any atom is -0.409 e. The average Bonchev–Trinajstić information content (AvgIpc) is 2.43. The zero-order valence-corrected chi connectivity index (χ0v) is 11.2. The third-order valence-corrected chi connectivity index (χ3v) is 2.68. The standard InChI is InChI=1S/C13H20FN3O2/c1-3-19-8-9(2)16-7-10-5-4-6-11(12(10)14)13(15)17-18/h4-6,9,16,18H,3,7-8H2,1-2H3,(H2,15,17). The SMILES string of the molecule is CCOCC(C)NCc1cccc(/C(N)=N/O)c1F. The highest BCUT2D eigenvalue weighted by Gasteiger charge is 2.12. The topological polar surface area (TPSA) is 79.9 Å². The molecule has 0 aliphatic carbocycles. The molecule has 1 aromatic carbocycles. The summed E-state index contributed by atoms with van der Waals surface area (Å²) in [5, 5.41) is 14.5. The molecule has 0 aliphatic rings. The number of halogens is 1. The van der Waals surface area contributed by atoms with Crippen LogP contribution in [-0.2, 0) is 11.3 Å². The maximum absolute atomic E-state index is 14.1. The Hall–Kier alpha value is -1.66. The van der Waals surface area contributed by atoms with Gasteiger partial charge in [0.05, 0.1) is 12.2 Å². The van der Waals surface area contributed by atoms with Gasteiger partial charge in [-0.1, -0.05) is 17.3 Å². The Morgan fingerprint density at radius 2 is 2.32 bits per heavy atom. The summed E-state index contributed by atoms with van der Waals surface area (Å²) in [6.07, 6.45) is 0. The first-order valence-corrected chi connectivity index (χ1v) is 6.16. The van der Waals surface area contributed by atoms with Crippen LogP contribution >= 0.6 is 0 Å². The first kappa shape index (κ1) is 15.4. The molecule has 0 spiro atoms. The quantitative estimate of drug-likeness (QED) is 0.303. The summed E-state index contributed by atoms with van der Waals surface area (Å²) in [5.41, 5.74) is 5.97. The van der Waals surface area contributed by atoms with E-state index in [1.54, 1.807) is 12.1 Å². The number of hydrogen-bond donors (Lipinski definition) is 3. The van der Waals surface area contributed by atoms with Crippen molar-refractivity contribution in [1.29, 1.82) is 0 Å². The molecule has 0 amide bonds. The van der Waals surface area contributed by atoms with E-state index < -0.39 is 5.82 Å². The minimum absolute atomic E-state index is 0.0965. The van der Waals surface area contributed by atoms with Crippen LogP contribution in [0.15, 0.2) is 23.4 Å². The van der Waals surface area contributed by atoms with Crippen LogP contribution in [0.4, 0.5) is 4.39 Å². The molecule has 0 fully saturated rings. The molecule has 19 heavy (non-hydrogen) atoms. The van der Waals surface area contributed by atoms with Gasteiger partial charge in [-0.05, 0) is 19.9 Å². The summed E-state index contributed by atoms with van der Waals surface area (Å²) < 4.78 is 19.3. The number of amidine groups is 1. The van der Waals surface area contributed by atoms with Gasteiger partial charge in [-0.2, -0.15) is 0 Å². The number of ether oxygens (including phenoxy) is 1. The van der Waals surface area contributed by atoms with Gasteiger partial charge in [0.2, 0.25) is 0 Å². The third-order valence-electron chi connectivity index (χ3n) is 2.68. The molecule has 0 aliphatic heterocycles. The van der Waals surface area contributed by atoms with Gasteiger partial charge >= 0.3 is 0 Å². The van der Waals surface area contributed by atoms with Crippen molar-refractivity contribution in [3.05, 3.63) is 35.1 Å². The van der Waals surface area contributed by atoms with Crippen molar-refractivity contribution in [2.24, 2.45) is 10.9 Å². The molecule has 0 bridgehead atoms. The number of nitrogens with zero attached hydrogens (tertiary/aromatic N) is 1. The maximum atomic E-state index is 14.1. The molecule has 0 aromatic heterocycles. The number of hydrogen-bond acceptors (Lipinski definition) is 4. The van der Waals surface area contributed by atoms with E-state index in [1.807, 2.05) is 13.8 Å². The fraction of sp³-hybridized carbons (Fsp3) is 0.462. The van der Waals surface area contributed by atoms with Gasteiger partial charge in [-0.3, -0.25) is 0 Å². The highest BCUT2D eigenvalue weighted by Crippen LogP contribution is 2.13. The van der Waals surface area contributed by atoms with Crippen molar-refractivity contribution in [2.75, 3.05) is 13.2 Å². The molecule has 1 rings (SSSR count).